The maximum atomic E-state index is 9.85. The first-order valence-electron chi connectivity index (χ1n) is 6.07. The van der Waals surface area contributed by atoms with Gasteiger partial charge in [0.25, 0.3) is 0 Å². The SMILES string of the molecule is CCC(C)C(O)CNc1nc2ccccc2[nH]1. The lowest BCUT2D eigenvalue weighted by Crippen LogP contribution is -2.26. The van der Waals surface area contributed by atoms with Crippen molar-refractivity contribution in [2.75, 3.05) is 11.9 Å². The second-order valence-corrected chi connectivity index (χ2v) is 4.44. The number of imidazole rings is 1. The number of aliphatic hydroxyl groups excluding tert-OH is 1. The van der Waals surface area contributed by atoms with Crippen LogP contribution in [0.5, 0.6) is 0 Å². The maximum absolute atomic E-state index is 9.85. The van der Waals surface area contributed by atoms with E-state index in [1.807, 2.05) is 31.2 Å². The van der Waals surface area contributed by atoms with Crippen molar-refractivity contribution in [3.8, 4) is 0 Å². The van der Waals surface area contributed by atoms with Crippen LogP contribution in [0.25, 0.3) is 11.0 Å². The van der Waals surface area contributed by atoms with Gasteiger partial charge < -0.3 is 15.4 Å². The zero-order valence-corrected chi connectivity index (χ0v) is 10.3. The van der Waals surface area contributed by atoms with Gasteiger partial charge in [0.15, 0.2) is 0 Å². The van der Waals surface area contributed by atoms with Crippen molar-refractivity contribution in [1.29, 1.82) is 0 Å². The van der Waals surface area contributed by atoms with Gasteiger partial charge in [-0.1, -0.05) is 32.4 Å². The Morgan fingerprint density at radius 3 is 2.88 bits per heavy atom. The minimum atomic E-state index is -0.340. The molecule has 0 amide bonds. The second-order valence-electron chi connectivity index (χ2n) is 4.44. The van der Waals surface area contributed by atoms with Gasteiger partial charge in [-0.05, 0) is 18.1 Å². The number of hydrogen-bond donors (Lipinski definition) is 3. The predicted octanol–water partition coefficient (Wildman–Crippen LogP) is 2.38. The van der Waals surface area contributed by atoms with Gasteiger partial charge in [-0.3, -0.25) is 0 Å². The van der Waals surface area contributed by atoms with E-state index in [2.05, 4.69) is 22.2 Å². The Morgan fingerprint density at radius 2 is 2.18 bits per heavy atom. The lowest BCUT2D eigenvalue weighted by atomic mass is 10.0. The molecule has 0 aliphatic carbocycles. The first-order valence-corrected chi connectivity index (χ1v) is 6.07. The number of aromatic amines is 1. The van der Waals surface area contributed by atoms with E-state index in [9.17, 15) is 5.11 Å². The largest absolute Gasteiger partial charge is 0.391 e. The van der Waals surface area contributed by atoms with Crippen molar-refractivity contribution >= 4 is 17.0 Å². The quantitative estimate of drug-likeness (QED) is 0.743. The molecule has 0 fully saturated rings. The van der Waals surface area contributed by atoms with Crippen molar-refractivity contribution < 1.29 is 5.11 Å². The fourth-order valence-corrected chi connectivity index (χ4v) is 1.71. The summed E-state index contributed by atoms with van der Waals surface area (Å²) in [6.45, 7) is 4.65. The Labute approximate surface area is 101 Å². The van der Waals surface area contributed by atoms with Crippen LogP contribution in [0, 0.1) is 5.92 Å². The maximum Gasteiger partial charge on any atom is 0.201 e. The van der Waals surface area contributed by atoms with Gasteiger partial charge >= 0.3 is 0 Å². The molecule has 0 aliphatic heterocycles. The zero-order chi connectivity index (χ0) is 12.3. The van der Waals surface area contributed by atoms with E-state index in [0.29, 0.717) is 18.4 Å². The molecular formula is C13H19N3O. The van der Waals surface area contributed by atoms with Crippen molar-refractivity contribution in [3.05, 3.63) is 24.3 Å². The fraction of sp³-hybridized carbons (Fsp3) is 0.462. The average Bonchev–Trinajstić information content (AvgIpc) is 2.77. The number of aliphatic hydroxyl groups is 1. The second kappa shape index (κ2) is 5.19. The smallest absolute Gasteiger partial charge is 0.201 e. The van der Waals surface area contributed by atoms with Gasteiger partial charge in [-0.15, -0.1) is 0 Å². The van der Waals surface area contributed by atoms with Gasteiger partial charge in [-0.25, -0.2) is 4.98 Å². The summed E-state index contributed by atoms with van der Waals surface area (Å²) >= 11 is 0. The van der Waals surface area contributed by atoms with Crippen LogP contribution in [0.15, 0.2) is 24.3 Å². The van der Waals surface area contributed by atoms with Gasteiger partial charge in [0.1, 0.15) is 0 Å². The molecule has 0 bridgehead atoms. The average molecular weight is 233 g/mol. The van der Waals surface area contributed by atoms with Crippen LogP contribution in [0.2, 0.25) is 0 Å². The van der Waals surface area contributed by atoms with Gasteiger partial charge in [0.2, 0.25) is 5.95 Å². The molecule has 2 unspecified atom stereocenters. The highest BCUT2D eigenvalue weighted by Crippen LogP contribution is 2.14. The molecule has 0 spiro atoms. The van der Waals surface area contributed by atoms with Crippen LogP contribution in [0.3, 0.4) is 0 Å². The van der Waals surface area contributed by atoms with Gasteiger partial charge in [-0.2, -0.15) is 0 Å². The van der Waals surface area contributed by atoms with E-state index in [-0.39, 0.29) is 6.10 Å². The van der Waals surface area contributed by atoms with Crippen LogP contribution in [0.4, 0.5) is 5.95 Å². The molecule has 4 heteroatoms. The molecule has 0 aliphatic rings. The first kappa shape index (κ1) is 11.9. The number of nitrogens with one attached hydrogen (secondary N) is 2. The third kappa shape index (κ3) is 2.77. The number of anilines is 1. The molecule has 1 aromatic carbocycles. The van der Waals surface area contributed by atoms with E-state index in [1.165, 1.54) is 0 Å². The molecule has 0 radical (unpaired) electrons. The number of rotatable bonds is 5. The molecular weight excluding hydrogens is 214 g/mol. The van der Waals surface area contributed by atoms with Crippen molar-refractivity contribution in [2.24, 2.45) is 5.92 Å². The number of aromatic nitrogens is 2. The summed E-state index contributed by atoms with van der Waals surface area (Å²) in [6.07, 6.45) is 0.636. The zero-order valence-electron chi connectivity index (χ0n) is 10.3. The van der Waals surface area contributed by atoms with Gasteiger partial charge in [0, 0.05) is 6.54 Å². The highest BCUT2D eigenvalue weighted by atomic mass is 16.3. The lowest BCUT2D eigenvalue weighted by molar-refractivity contribution is 0.126. The van der Waals surface area contributed by atoms with E-state index in [4.69, 9.17) is 0 Å². The molecule has 4 nitrogen and oxygen atoms in total. The number of hydrogen-bond acceptors (Lipinski definition) is 3. The molecule has 0 saturated carbocycles. The Hall–Kier alpha value is -1.55. The minimum Gasteiger partial charge on any atom is -0.391 e. The molecule has 2 aromatic rings. The van der Waals surface area contributed by atoms with Gasteiger partial charge in [0.05, 0.1) is 17.1 Å². The molecule has 1 heterocycles. The summed E-state index contributed by atoms with van der Waals surface area (Å²) in [5.74, 6) is 1.01. The molecule has 17 heavy (non-hydrogen) atoms. The fourth-order valence-electron chi connectivity index (χ4n) is 1.71. The van der Waals surface area contributed by atoms with E-state index in [1.54, 1.807) is 0 Å². The first-order chi connectivity index (χ1) is 8.20. The Kier molecular flexibility index (Phi) is 3.64. The Bertz CT molecular complexity index is 447. The summed E-state index contributed by atoms with van der Waals surface area (Å²) < 4.78 is 0. The van der Waals surface area contributed by atoms with Crippen LogP contribution in [0.1, 0.15) is 20.3 Å². The molecule has 2 atom stereocenters. The number of benzene rings is 1. The lowest BCUT2D eigenvalue weighted by Gasteiger charge is -2.17. The van der Waals surface area contributed by atoms with Crippen LogP contribution >= 0.6 is 0 Å². The highest BCUT2D eigenvalue weighted by molar-refractivity contribution is 5.77. The molecule has 92 valence electrons. The number of para-hydroxylation sites is 2. The molecule has 2 rings (SSSR count). The van der Waals surface area contributed by atoms with E-state index >= 15 is 0 Å². The topological polar surface area (TPSA) is 60.9 Å². The Balaban J connectivity index is 1.99. The normalized spacial score (nSPS) is 14.8. The van der Waals surface area contributed by atoms with Crippen LogP contribution < -0.4 is 5.32 Å². The third-order valence-electron chi connectivity index (χ3n) is 3.17. The van der Waals surface area contributed by atoms with Crippen molar-refractivity contribution in [1.82, 2.24) is 9.97 Å². The highest BCUT2D eigenvalue weighted by Gasteiger charge is 2.12. The predicted molar refractivity (Wildman–Crippen MR) is 70.0 cm³/mol. The van der Waals surface area contributed by atoms with E-state index < -0.39 is 0 Å². The number of H-pyrrole nitrogens is 1. The van der Waals surface area contributed by atoms with Crippen molar-refractivity contribution in [3.63, 3.8) is 0 Å². The summed E-state index contributed by atoms with van der Waals surface area (Å²) in [5, 5.41) is 13.0. The Morgan fingerprint density at radius 1 is 1.41 bits per heavy atom. The number of fused-ring (bicyclic) bond motifs is 1. The summed E-state index contributed by atoms with van der Waals surface area (Å²) in [4.78, 5) is 7.57. The molecule has 0 saturated heterocycles. The number of nitrogens with zero attached hydrogens (tertiary/aromatic N) is 1. The molecule has 3 N–H and O–H groups in total. The molecule has 1 aromatic heterocycles. The van der Waals surface area contributed by atoms with Crippen LogP contribution in [-0.2, 0) is 0 Å². The van der Waals surface area contributed by atoms with Crippen LogP contribution in [-0.4, -0.2) is 27.7 Å². The monoisotopic (exact) mass is 233 g/mol. The summed E-state index contributed by atoms with van der Waals surface area (Å²) in [7, 11) is 0. The third-order valence-corrected chi connectivity index (χ3v) is 3.17. The summed E-state index contributed by atoms with van der Waals surface area (Å²) in [5.41, 5.74) is 1.95. The van der Waals surface area contributed by atoms with Crippen molar-refractivity contribution in [2.45, 2.75) is 26.4 Å². The van der Waals surface area contributed by atoms with E-state index in [0.717, 1.165) is 17.5 Å². The summed E-state index contributed by atoms with van der Waals surface area (Å²) in [6, 6.07) is 7.87. The standard InChI is InChI=1S/C13H19N3O/c1-3-9(2)12(17)8-14-13-15-10-6-4-5-7-11(10)16-13/h4-7,9,12,17H,3,8H2,1-2H3,(H2,14,15,16). The minimum absolute atomic E-state index is 0.298.